The number of carbonyl (C=O) groups is 1. The van der Waals surface area contributed by atoms with Crippen molar-refractivity contribution >= 4 is 12.0 Å². The molecule has 1 N–H and O–H groups in total. The van der Waals surface area contributed by atoms with E-state index < -0.39 is 5.97 Å². The second-order valence-corrected chi connectivity index (χ2v) is 12.3. The Morgan fingerprint density at radius 1 is 0.878 bits per heavy atom. The summed E-state index contributed by atoms with van der Waals surface area (Å²) in [6.45, 7) is 2.38. The van der Waals surface area contributed by atoms with Crippen LogP contribution < -0.4 is 14.2 Å². The number of benzene rings is 3. The quantitative estimate of drug-likeness (QED) is 0.256. The Morgan fingerprint density at radius 3 is 2.02 bits per heavy atom. The first-order chi connectivity index (χ1) is 19.9. The molecule has 0 radical (unpaired) electrons. The number of hydrogen-bond acceptors (Lipinski definition) is 4. The molecular formula is C36H40O5. The van der Waals surface area contributed by atoms with E-state index in [2.05, 4.69) is 42.5 Å². The van der Waals surface area contributed by atoms with Crippen molar-refractivity contribution in [2.45, 2.75) is 63.9 Å². The maximum atomic E-state index is 11.7. The monoisotopic (exact) mass is 552 g/mol. The van der Waals surface area contributed by atoms with Crippen LogP contribution in [0.3, 0.4) is 0 Å². The fourth-order valence-electron chi connectivity index (χ4n) is 8.22. The minimum atomic E-state index is -0.916. The van der Waals surface area contributed by atoms with Gasteiger partial charge in [-0.1, -0.05) is 43.3 Å². The SMILES string of the molecule is CCC(=Cc1cc(OC)c(-c2ccc(OCc3ccccc3)c(C34CC5CC(CC(C5)C3)C4)c2)c(OC)c1)C(=O)O. The highest BCUT2D eigenvalue weighted by atomic mass is 16.5. The number of hydrogen-bond donors (Lipinski definition) is 1. The Morgan fingerprint density at radius 2 is 1.49 bits per heavy atom. The summed E-state index contributed by atoms with van der Waals surface area (Å²) >= 11 is 0. The number of methoxy groups -OCH3 is 2. The molecule has 7 rings (SSSR count). The molecule has 4 fully saturated rings. The van der Waals surface area contributed by atoms with Crippen LogP contribution in [-0.2, 0) is 16.8 Å². The van der Waals surface area contributed by atoms with Crippen molar-refractivity contribution in [2.75, 3.05) is 14.2 Å². The van der Waals surface area contributed by atoms with Crippen molar-refractivity contribution in [3.63, 3.8) is 0 Å². The molecule has 5 heteroatoms. The van der Waals surface area contributed by atoms with Crippen molar-refractivity contribution in [3.05, 3.63) is 82.9 Å². The van der Waals surface area contributed by atoms with Crippen molar-refractivity contribution in [1.29, 1.82) is 0 Å². The smallest absolute Gasteiger partial charge is 0.331 e. The van der Waals surface area contributed by atoms with Crippen molar-refractivity contribution in [2.24, 2.45) is 17.8 Å². The molecule has 4 aliphatic carbocycles. The van der Waals surface area contributed by atoms with Gasteiger partial charge in [0.15, 0.2) is 0 Å². The van der Waals surface area contributed by atoms with Gasteiger partial charge in [-0.2, -0.15) is 0 Å². The Balaban J connectivity index is 1.45. The summed E-state index contributed by atoms with van der Waals surface area (Å²) in [6, 6.07) is 20.7. The highest BCUT2D eigenvalue weighted by molar-refractivity contribution is 5.92. The summed E-state index contributed by atoms with van der Waals surface area (Å²) in [5.41, 5.74) is 5.60. The van der Waals surface area contributed by atoms with Crippen LogP contribution in [0.5, 0.6) is 17.2 Å². The van der Waals surface area contributed by atoms with Crippen molar-refractivity contribution in [3.8, 4) is 28.4 Å². The molecule has 0 aliphatic heterocycles. The molecule has 4 aliphatic rings. The molecule has 0 aromatic heterocycles. The van der Waals surface area contributed by atoms with Crippen LogP contribution in [0.1, 0.15) is 68.6 Å². The van der Waals surface area contributed by atoms with Gasteiger partial charge in [-0.15, -0.1) is 0 Å². The zero-order valence-corrected chi connectivity index (χ0v) is 24.3. The maximum absolute atomic E-state index is 11.7. The third-order valence-electron chi connectivity index (χ3n) is 9.64. The standard InChI is InChI=1S/C36H40O5/c1-4-28(35(37)38)15-24-16-32(39-2)34(33(17-24)40-3)29-10-11-31(41-22-23-8-6-5-7-9-23)30(18-29)36-19-25-12-26(20-36)14-27(13-25)21-36/h5-11,15-18,25-27H,4,12-14,19-22H2,1-3H3,(H,37,38). The average Bonchev–Trinajstić information content (AvgIpc) is 2.98. The van der Waals surface area contributed by atoms with E-state index >= 15 is 0 Å². The average molecular weight is 553 g/mol. The summed E-state index contributed by atoms with van der Waals surface area (Å²) in [5, 5.41) is 9.57. The first-order valence-electron chi connectivity index (χ1n) is 14.9. The summed E-state index contributed by atoms with van der Waals surface area (Å²) in [4.78, 5) is 11.7. The lowest BCUT2D eigenvalue weighted by Crippen LogP contribution is -2.48. The zero-order valence-electron chi connectivity index (χ0n) is 24.3. The summed E-state index contributed by atoms with van der Waals surface area (Å²) in [7, 11) is 3.31. The molecule has 0 spiro atoms. The van der Waals surface area contributed by atoms with Crippen LogP contribution in [-0.4, -0.2) is 25.3 Å². The van der Waals surface area contributed by atoms with E-state index in [1.54, 1.807) is 20.3 Å². The van der Waals surface area contributed by atoms with Gasteiger partial charge in [0.1, 0.15) is 23.9 Å². The number of aliphatic carboxylic acids is 1. The van der Waals surface area contributed by atoms with E-state index in [1.165, 1.54) is 44.1 Å². The largest absolute Gasteiger partial charge is 0.496 e. The van der Waals surface area contributed by atoms with Crippen LogP contribution in [0.15, 0.2) is 66.2 Å². The molecule has 4 saturated carbocycles. The molecule has 3 aromatic carbocycles. The molecule has 3 aromatic rings. The number of ether oxygens (including phenoxy) is 3. The molecule has 0 atom stereocenters. The van der Waals surface area contributed by atoms with E-state index in [9.17, 15) is 9.90 Å². The lowest BCUT2D eigenvalue weighted by atomic mass is 9.48. The Kier molecular flexibility index (Phi) is 7.54. The lowest BCUT2D eigenvalue weighted by molar-refractivity contribution is -0.132. The summed E-state index contributed by atoms with van der Waals surface area (Å²) in [6.07, 6.45) is 9.97. The predicted octanol–water partition coefficient (Wildman–Crippen LogP) is 8.30. The fourth-order valence-corrected chi connectivity index (χ4v) is 8.22. The lowest BCUT2D eigenvalue weighted by Gasteiger charge is -2.57. The van der Waals surface area contributed by atoms with E-state index in [0.29, 0.717) is 30.1 Å². The van der Waals surface area contributed by atoms with Crippen LogP contribution in [0.4, 0.5) is 0 Å². The molecule has 214 valence electrons. The van der Waals surface area contributed by atoms with Gasteiger partial charge in [-0.3, -0.25) is 0 Å². The molecule has 4 bridgehead atoms. The molecule has 0 saturated heterocycles. The summed E-state index contributed by atoms with van der Waals surface area (Å²) < 4.78 is 18.4. The number of carboxylic acids is 1. The molecule has 41 heavy (non-hydrogen) atoms. The molecule has 0 unspecified atom stereocenters. The fraction of sp³-hybridized carbons (Fsp3) is 0.417. The van der Waals surface area contributed by atoms with Gasteiger partial charge < -0.3 is 19.3 Å². The molecular weight excluding hydrogens is 512 g/mol. The first kappa shape index (κ1) is 27.4. The number of rotatable bonds is 10. The Bertz CT molecular complexity index is 1390. The molecule has 0 heterocycles. The van der Waals surface area contributed by atoms with E-state index in [4.69, 9.17) is 14.2 Å². The van der Waals surface area contributed by atoms with E-state index in [1.807, 2.05) is 25.1 Å². The van der Waals surface area contributed by atoms with Gasteiger partial charge in [-0.05, 0) is 115 Å². The zero-order chi connectivity index (χ0) is 28.6. The van der Waals surface area contributed by atoms with Gasteiger partial charge in [0.25, 0.3) is 0 Å². The second-order valence-electron chi connectivity index (χ2n) is 12.3. The minimum absolute atomic E-state index is 0.136. The topological polar surface area (TPSA) is 65.0 Å². The van der Waals surface area contributed by atoms with Gasteiger partial charge in [-0.25, -0.2) is 4.79 Å². The predicted molar refractivity (Wildman–Crippen MR) is 162 cm³/mol. The van der Waals surface area contributed by atoms with Crippen molar-refractivity contribution in [1.82, 2.24) is 0 Å². The van der Waals surface area contributed by atoms with E-state index in [0.717, 1.165) is 45.8 Å². The third-order valence-corrected chi connectivity index (χ3v) is 9.64. The van der Waals surface area contributed by atoms with E-state index in [-0.39, 0.29) is 5.41 Å². The van der Waals surface area contributed by atoms with Crippen LogP contribution >= 0.6 is 0 Å². The second kappa shape index (κ2) is 11.3. The van der Waals surface area contributed by atoms with Crippen LogP contribution in [0.25, 0.3) is 17.2 Å². The van der Waals surface area contributed by atoms with Crippen LogP contribution in [0, 0.1) is 17.8 Å². The third kappa shape index (κ3) is 5.35. The Labute approximate surface area is 243 Å². The Hall–Kier alpha value is -3.73. The number of carboxylic acid groups (broad SMARTS) is 1. The summed E-state index contributed by atoms with van der Waals surface area (Å²) in [5.74, 6) is 3.81. The van der Waals surface area contributed by atoms with Gasteiger partial charge >= 0.3 is 5.97 Å². The molecule has 0 amide bonds. The minimum Gasteiger partial charge on any atom is -0.496 e. The van der Waals surface area contributed by atoms with Gasteiger partial charge in [0.05, 0.1) is 19.8 Å². The van der Waals surface area contributed by atoms with Crippen molar-refractivity contribution < 1.29 is 24.1 Å². The van der Waals surface area contributed by atoms with Crippen LogP contribution in [0.2, 0.25) is 0 Å². The highest BCUT2D eigenvalue weighted by Gasteiger charge is 2.52. The maximum Gasteiger partial charge on any atom is 0.331 e. The first-order valence-corrected chi connectivity index (χ1v) is 14.9. The normalized spacial score (nSPS) is 24.8. The molecule has 5 nitrogen and oxygen atoms in total. The van der Waals surface area contributed by atoms with Gasteiger partial charge in [0, 0.05) is 11.1 Å². The van der Waals surface area contributed by atoms with Gasteiger partial charge in [0.2, 0.25) is 0 Å². The highest BCUT2D eigenvalue weighted by Crippen LogP contribution is 2.62.